The van der Waals surface area contributed by atoms with E-state index in [1.807, 2.05) is 11.9 Å². The second-order valence-electron chi connectivity index (χ2n) is 6.65. The monoisotopic (exact) mass is 307 g/mol. The molecule has 0 unspecified atom stereocenters. The van der Waals surface area contributed by atoms with Crippen LogP contribution in [-0.2, 0) is 12.8 Å². The zero-order chi connectivity index (χ0) is 14.8. The second-order valence-corrected chi connectivity index (χ2v) is 7.79. The second kappa shape index (κ2) is 6.49. The smallest absolute Gasteiger partial charge is 0.263 e. The molecular formula is C17H25NO2S. The van der Waals surface area contributed by atoms with Crippen molar-refractivity contribution in [2.24, 2.45) is 5.92 Å². The van der Waals surface area contributed by atoms with Crippen molar-refractivity contribution in [3.63, 3.8) is 0 Å². The average Bonchev–Trinajstić information content (AvgIpc) is 2.78. The lowest BCUT2D eigenvalue weighted by Gasteiger charge is -2.34. The van der Waals surface area contributed by atoms with E-state index >= 15 is 0 Å². The fourth-order valence-electron chi connectivity index (χ4n) is 3.46. The molecule has 0 atom stereocenters. The molecule has 0 spiro atoms. The Labute approximate surface area is 131 Å². The van der Waals surface area contributed by atoms with Crippen molar-refractivity contribution >= 4 is 17.2 Å². The molecular weight excluding hydrogens is 282 g/mol. The van der Waals surface area contributed by atoms with Crippen molar-refractivity contribution in [3.8, 4) is 0 Å². The van der Waals surface area contributed by atoms with Gasteiger partial charge in [-0.2, -0.15) is 0 Å². The highest BCUT2D eigenvalue weighted by Gasteiger charge is 2.29. The third-order valence-electron chi connectivity index (χ3n) is 4.80. The average molecular weight is 307 g/mol. The van der Waals surface area contributed by atoms with Crippen LogP contribution in [0.25, 0.3) is 0 Å². The third kappa shape index (κ3) is 3.49. The summed E-state index contributed by atoms with van der Waals surface area (Å²) in [4.78, 5) is 16.8. The number of carbonyl (C=O) groups excluding carboxylic acids is 1. The quantitative estimate of drug-likeness (QED) is 0.931. The first kappa shape index (κ1) is 15.0. The van der Waals surface area contributed by atoms with Crippen molar-refractivity contribution < 1.29 is 9.90 Å². The summed E-state index contributed by atoms with van der Waals surface area (Å²) in [6.07, 6.45) is 9.00. The molecule has 1 saturated carbocycles. The van der Waals surface area contributed by atoms with E-state index in [-0.39, 0.29) is 12.0 Å². The number of carbonyl (C=O) groups is 1. The summed E-state index contributed by atoms with van der Waals surface area (Å²) >= 11 is 1.71. The van der Waals surface area contributed by atoms with Gasteiger partial charge in [-0.05, 0) is 56.1 Å². The van der Waals surface area contributed by atoms with E-state index in [4.69, 9.17) is 0 Å². The zero-order valence-corrected chi connectivity index (χ0v) is 13.6. The number of aliphatic hydroxyl groups is 1. The molecule has 1 heterocycles. The molecule has 0 saturated heterocycles. The summed E-state index contributed by atoms with van der Waals surface area (Å²) in [6, 6.07) is 2.14. The first-order valence-electron chi connectivity index (χ1n) is 8.18. The van der Waals surface area contributed by atoms with Gasteiger partial charge < -0.3 is 10.0 Å². The van der Waals surface area contributed by atoms with E-state index in [1.165, 1.54) is 36.1 Å². The standard InChI is InChI=1S/C17H25NO2S/c1-18(11-12-8-14(19)9-12)17(20)16-10-13-6-4-2-3-5-7-15(13)21-16/h10,12,14,19H,2-9,11H2,1H3. The van der Waals surface area contributed by atoms with Gasteiger partial charge in [-0.3, -0.25) is 4.79 Å². The van der Waals surface area contributed by atoms with Crippen LogP contribution in [-0.4, -0.2) is 35.6 Å². The lowest BCUT2D eigenvalue weighted by molar-refractivity contribution is 0.0266. The van der Waals surface area contributed by atoms with Gasteiger partial charge in [0, 0.05) is 18.5 Å². The normalized spacial score (nSPS) is 25.4. The van der Waals surface area contributed by atoms with Crippen LogP contribution in [0.4, 0.5) is 0 Å². The molecule has 3 nitrogen and oxygen atoms in total. The predicted octanol–water partition coefficient (Wildman–Crippen LogP) is 3.25. The van der Waals surface area contributed by atoms with Crippen molar-refractivity contribution in [1.82, 2.24) is 4.90 Å². The Bertz CT molecular complexity index is 479. The first-order chi connectivity index (χ1) is 10.1. The number of hydrogen-bond donors (Lipinski definition) is 1. The molecule has 1 amide bonds. The molecule has 1 N–H and O–H groups in total. The number of rotatable bonds is 3. The summed E-state index contributed by atoms with van der Waals surface area (Å²) in [5, 5.41) is 9.35. The molecule has 1 aromatic rings. The highest BCUT2D eigenvalue weighted by atomic mass is 32.1. The predicted molar refractivity (Wildman–Crippen MR) is 85.9 cm³/mol. The summed E-state index contributed by atoms with van der Waals surface area (Å²) < 4.78 is 0. The molecule has 116 valence electrons. The largest absolute Gasteiger partial charge is 0.393 e. The molecule has 2 aliphatic rings. The van der Waals surface area contributed by atoms with Crippen LogP contribution in [0.5, 0.6) is 0 Å². The van der Waals surface area contributed by atoms with Gasteiger partial charge in [0.2, 0.25) is 0 Å². The molecule has 1 aromatic heterocycles. The minimum Gasteiger partial charge on any atom is -0.393 e. The molecule has 4 heteroatoms. The summed E-state index contributed by atoms with van der Waals surface area (Å²) in [6.45, 7) is 0.776. The van der Waals surface area contributed by atoms with Crippen LogP contribution in [0.15, 0.2) is 6.07 Å². The van der Waals surface area contributed by atoms with Crippen molar-refractivity contribution in [2.45, 2.75) is 57.5 Å². The van der Waals surface area contributed by atoms with Gasteiger partial charge in [-0.25, -0.2) is 0 Å². The van der Waals surface area contributed by atoms with Crippen molar-refractivity contribution in [2.75, 3.05) is 13.6 Å². The number of aryl methyl sites for hydroxylation is 2. The lowest BCUT2D eigenvalue weighted by Crippen LogP contribution is -2.39. The van der Waals surface area contributed by atoms with Gasteiger partial charge >= 0.3 is 0 Å². The summed E-state index contributed by atoms with van der Waals surface area (Å²) in [5.74, 6) is 0.642. The Balaban J connectivity index is 1.65. The fraction of sp³-hybridized carbons (Fsp3) is 0.706. The topological polar surface area (TPSA) is 40.5 Å². The first-order valence-corrected chi connectivity index (χ1v) is 9.00. The Morgan fingerprint density at radius 1 is 1.29 bits per heavy atom. The van der Waals surface area contributed by atoms with E-state index in [2.05, 4.69) is 6.07 Å². The number of thiophene rings is 1. The molecule has 0 bridgehead atoms. The maximum atomic E-state index is 12.6. The van der Waals surface area contributed by atoms with Gasteiger partial charge in [0.05, 0.1) is 11.0 Å². The SMILES string of the molecule is CN(CC1CC(O)C1)C(=O)c1cc2c(s1)CCCCCC2. The highest BCUT2D eigenvalue weighted by Crippen LogP contribution is 2.31. The van der Waals surface area contributed by atoms with Gasteiger partial charge in [-0.1, -0.05) is 12.8 Å². The van der Waals surface area contributed by atoms with E-state index in [9.17, 15) is 9.90 Å². The number of aliphatic hydroxyl groups excluding tert-OH is 1. The van der Waals surface area contributed by atoms with Crippen LogP contribution < -0.4 is 0 Å². The molecule has 3 rings (SSSR count). The van der Waals surface area contributed by atoms with Crippen LogP contribution in [0, 0.1) is 5.92 Å². The third-order valence-corrected chi connectivity index (χ3v) is 6.02. The lowest BCUT2D eigenvalue weighted by atomic mass is 9.82. The Morgan fingerprint density at radius 2 is 2.00 bits per heavy atom. The van der Waals surface area contributed by atoms with Crippen molar-refractivity contribution in [3.05, 3.63) is 21.4 Å². The Morgan fingerprint density at radius 3 is 2.71 bits per heavy atom. The molecule has 0 radical (unpaired) electrons. The molecule has 0 aliphatic heterocycles. The maximum absolute atomic E-state index is 12.6. The van der Waals surface area contributed by atoms with E-state index < -0.39 is 0 Å². The molecule has 21 heavy (non-hydrogen) atoms. The van der Waals surface area contributed by atoms with Crippen molar-refractivity contribution in [1.29, 1.82) is 0 Å². The number of amides is 1. The molecule has 2 aliphatic carbocycles. The highest BCUT2D eigenvalue weighted by molar-refractivity contribution is 7.14. The minimum atomic E-state index is -0.139. The van der Waals surface area contributed by atoms with Gasteiger partial charge in [0.1, 0.15) is 0 Å². The van der Waals surface area contributed by atoms with E-state index in [0.717, 1.165) is 37.1 Å². The maximum Gasteiger partial charge on any atom is 0.263 e. The van der Waals surface area contributed by atoms with Gasteiger partial charge in [-0.15, -0.1) is 11.3 Å². The van der Waals surface area contributed by atoms with Crippen LogP contribution in [0.3, 0.4) is 0 Å². The Kier molecular flexibility index (Phi) is 4.65. The van der Waals surface area contributed by atoms with E-state index in [1.54, 1.807) is 11.3 Å². The summed E-state index contributed by atoms with van der Waals surface area (Å²) in [7, 11) is 1.89. The van der Waals surface area contributed by atoms with E-state index in [0.29, 0.717) is 5.92 Å². The van der Waals surface area contributed by atoms with Gasteiger partial charge in [0.15, 0.2) is 0 Å². The fourth-order valence-corrected chi connectivity index (χ4v) is 4.71. The van der Waals surface area contributed by atoms with Gasteiger partial charge in [0.25, 0.3) is 5.91 Å². The molecule has 0 aromatic carbocycles. The van der Waals surface area contributed by atoms with Crippen LogP contribution in [0.2, 0.25) is 0 Å². The number of hydrogen-bond acceptors (Lipinski definition) is 3. The van der Waals surface area contributed by atoms with Crippen LogP contribution >= 0.6 is 11.3 Å². The Hall–Kier alpha value is -0.870. The number of nitrogens with zero attached hydrogens (tertiary/aromatic N) is 1. The summed E-state index contributed by atoms with van der Waals surface area (Å²) in [5.41, 5.74) is 1.41. The van der Waals surface area contributed by atoms with Crippen LogP contribution in [0.1, 0.15) is 58.6 Å². The molecule has 1 fully saturated rings. The zero-order valence-electron chi connectivity index (χ0n) is 12.8. The number of fused-ring (bicyclic) bond motifs is 1. The minimum absolute atomic E-state index is 0.139.